The van der Waals surface area contributed by atoms with Crippen molar-refractivity contribution in [1.82, 2.24) is 26.2 Å². The molecule has 0 aromatic heterocycles. The monoisotopic (exact) mass is 763 g/mol. The second kappa shape index (κ2) is 21.8. The maximum absolute atomic E-state index is 14.1. The van der Waals surface area contributed by atoms with Crippen molar-refractivity contribution < 1.29 is 38.2 Å². The number of nitrogens with zero attached hydrogens (tertiary/aromatic N) is 1. The molecule has 2 fully saturated rings. The van der Waals surface area contributed by atoms with Crippen LogP contribution in [0, 0.1) is 11.8 Å². The SMILES string of the molecule is CC(C)CC(NC(=O)[C@H](CCc1ccccc1)NC(=O)COCCN1CCOCC1)C(=O)N[C@@H](Cc1ccccc1)C(=O)NC(CC(C)C)C(=O)[C@@]1(C)CO1. The Labute approximate surface area is 326 Å². The average Bonchev–Trinajstić information content (AvgIpc) is 3.92. The number of ether oxygens (including phenoxy) is 3. The smallest absolute Gasteiger partial charge is 0.246 e. The topological polar surface area (TPSA) is 168 Å². The number of nitrogens with one attached hydrogen (secondary N) is 4. The summed E-state index contributed by atoms with van der Waals surface area (Å²) in [7, 11) is 0. The summed E-state index contributed by atoms with van der Waals surface area (Å²) in [6, 6.07) is 15.1. The van der Waals surface area contributed by atoms with Crippen molar-refractivity contribution in [1.29, 1.82) is 0 Å². The van der Waals surface area contributed by atoms with Gasteiger partial charge in [0, 0.05) is 26.1 Å². The van der Waals surface area contributed by atoms with Crippen LogP contribution in [0.2, 0.25) is 0 Å². The highest BCUT2D eigenvalue weighted by atomic mass is 16.6. The largest absolute Gasteiger partial charge is 0.379 e. The molecule has 2 aliphatic heterocycles. The third-order valence-electron chi connectivity index (χ3n) is 9.80. The number of Topliss-reactive ketones (excluding diaryl/α,β-unsaturated/α-hetero) is 1. The fourth-order valence-corrected chi connectivity index (χ4v) is 6.54. The summed E-state index contributed by atoms with van der Waals surface area (Å²) in [4.78, 5) is 70.7. The zero-order valence-corrected chi connectivity index (χ0v) is 33.1. The van der Waals surface area contributed by atoms with Gasteiger partial charge in [0.15, 0.2) is 5.78 Å². The summed E-state index contributed by atoms with van der Waals surface area (Å²) in [6.07, 6.45) is 1.66. The van der Waals surface area contributed by atoms with Crippen LogP contribution in [0.3, 0.4) is 0 Å². The van der Waals surface area contributed by atoms with Gasteiger partial charge in [0.25, 0.3) is 0 Å². The number of benzene rings is 2. The Bertz CT molecular complexity index is 1530. The van der Waals surface area contributed by atoms with Gasteiger partial charge in [-0.25, -0.2) is 0 Å². The first kappa shape index (κ1) is 43.6. The maximum atomic E-state index is 14.1. The normalized spacial score (nSPS) is 19.2. The molecule has 0 bridgehead atoms. The van der Waals surface area contributed by atoms with Crippen LogP contribution >= 0.6 is 0 Å². The van der Waals surface area contributed by atoms with Crippen LogP contribution in [-0.2, 0) is 51.0 Å². The van der Waals surface area contributed by atoms with Gasteiger partial charge in [-0.05, 0) is 55.6 Å². The molecule has 0 saturated carbocycles. The first-order valence-electron chi connectivity index (χ1n) is 19.7. The van der Waals surface area contributed by atoms with Gasteiger partial charge in [-0.2, -0.15) is 0 Å². The van der Waals surface area contributed by atoms with Gasteiger partial charge >= 0.3 is 0 Å². The van der Waals surface area contributed by atoms with Crippen molar-refractivity contribution >= 4 is 29.4 Å². The summed E-state index contributed by atoms with van der Waals surface area (Å²) in [5, 5.41) is 11.5. The first-order chi connectivity index (χ1) is 26.3. The highest BCUT2D eigenvalue weighted by Gasteiger charge is 2.50. The number of amides is 4. The molecule has 55 heavy (non-hydrogen) atoms. The number of hydrogen-bond donors (Lipinski definition) is 4. The average molecular weight is 764 g/mol. The van der Waals surface area contributed by atoms with Crippen LogP contribution in [0.5, 0.6) is 0 Å². The zero-order valence-electron chi connectivity index (χ0n) is 33.1. The van der Waals surface area contributed by atoms with E-state index in [1.807, 2.05) is 88.4 Å². The number of carbonyl (C=O) groups excluding carboxylic acids is 5. The maximum Gasteiger partial charge on any atom is 0.246 e. The Hall–Kier alpha value is -4.17. The summed E-state index contributed by atoms with van der Waals surface area (Å²) >= 11 is 0. The minimum atomic E-state index is -1.04. The molecule has 302 valence electrons. The van der Waals surface area contributed by atoms with Gasteiger partial charge in [0.05, 0.1) is 32.5 Å². The van der Waals surface area contributed by atoms with Crippen molar-refractivity contribution in [3.63, 3.8) is 0 Å². The number of rotatable bonds is 23. The lowest BCUT2D eigenvalue weighted by molar-refractivity contribution is -0.135. The van der Waals surface area contributed by atoms with Crippen LogP contribution in [0.25, 0.3) is 0 Å². The summed E-state index contributed by atoms with van der Waals surface area (Å²) in [5.74, 6) is -2.07. The van der Waals surface area contributed by atoms with Gasteiger partial charge in [-0.15, -0.1) is 0 Å². The molecule has 2 heterocycles. The number of hydrogen-bond acceptors (Lipinski definition) is 9. The van der Waals surface area contributed by atoms with E-state index < -0.39 is 53.4 Å². The van der Waals surface area contributed by atoms with Crippen LogP contribution in [0.1, 0.15) is 65.0 Å². The number of ketones is 1. The molecule has 2 saturated heterocycles. The minimum absolute atomic E-state index is 0.00186. The van der Waals surface area contributed by atoms with Crippen LogP contribution < -0.4 is 21.3 Å². The van der Waals surface area contributed by atoms with E-state index in [-0.39, 0.29) is 37.1 Å². The Morgan fingerprint density at radius 1 is 0.727 bits per heavy atom. The lowest BCUT2D eigenvalue weighted by Crippen LogP contribution is -2.59. The van der Waals surface area contributed by atoms with E-state index in [9.17, 15) is 24.0 Å². The van der Waals surface area contributed by atoms with E-state index in [0.717, 1.165) is 24.2 Å². The molecule has 4 N–H and O–H groups in total. The quantitative estimate of drug-likeness (QED) is 0.0983. The molecule has 0 aliphatic carbocycles. The van der Waals surface area contributed by atoms with Crippen LogP contribution in [0.4, 0.5) is 0 Å². The van der Waals surface area contributed by atoms with E-state index >= 15 is 0 Å². The number of carbonyl (C=O) groups is 5. The molecule has 4 amide bonds. The molecule has 5 atom stereocenters. The second-order valence-electron chi connectivity index (χ2n) is 15.7. The summed E-state index contributed by atoms with van der Waals surface area (Å²) in [5.41, 5.74) is 0.880. The third-order valence-corrected chi connectivity index (χ3v) is 9.80. The lowest BCUT2D eigenvalue weighted by atomic mass is 9.93. The predicted octanol–water partition coefficient (Wildman–Crippen LogP) is 2.60. The molecular weight excluding hydrogens is 702 g/mol. The van der Waals surface area contributed by atoms with Gasteiger partial charge in [-0.3, -0.25) is 28.9 Å². The Morgan fingerprint density at radius 2 is 1.25 bits per heavy atom. The Balaban J connectivity index is 1.46. The Morgan fingerprint density at radius 3 is 1.85 bits per heavy atom. The molecule has 2 aromatic carbocycles. The molecule has 0 radical (unpaired) electrons. The van der Waals surface area contributed by atoms with Crippen molar-refractivity contribution in [2.45, 2.75) is 96.5 Å². The predicted molar refractivity (Wildman–Crippen MR) is 209 cm³/mol. The molecule has 13 nitrogen and oxygen atoms in total. The highest BCUT2D eigenvalue weighted by Crippen LogP contribution is 2.29. The molecule has 2 unspecified atom stereocenters. The first-order valence-corrected chi connectivity index (χ1v) is 19.7. The van der Waals surface area contributed by atoms with E-state index in [4.69, 9.17) is 14.2 Å². The second-order valence-corrected chi connectivity index (χ2v) is 15.7. The lowest BCUT2D eigenvalue weighted by Gasteiger charge is -2.28. The van der Waals surface area contributed by atoms with Crippen molar-refractivity contribution in [3.05, 3.63) is 71.8 Å². The van der Waals surface area contributed by atoms with E-state index in [1.165, 1.54) is 0 Å². The van der Waals surface area contributed by atoms with E-state index in [2.05, 4.69) is 26.2 Å². The van der Waals surface area contributed by atoms with E-state index in [0.29, 0.717) is 52.2 Å². The number of morpholine rings is 1. The molecule has 2 aromatic rings. The van der Waals surface area contributed by atoms with E-state index in [1.54, 1.807) is 6.92 Å². The van der Waals surface area contributed by atoms with Crippen molar-refractivity contribution in [2.75, 3.05) is 52.7 Å². The summed E-state index contributed by atoms with van der Waals surface area (Å²) in [6.45, 7) is 13.6. The van der Waals surface area contributed by atoms with Gasteiger partial charge in [0.2, 0.25) is 23.6 Å². The minimum Gasteiger partial charge on any atom is -0.379 e. The molecule has 13 heteroatoms. The molecule has 4 rings (SSSR count). The van der Waals surface area contributed by atoms with Crippen LogP contribution in [0.15, 0.2) is 60.7 Å². The molecular formula is C42H61N5O8. The zero-order chi connectivity index (χ0) is 39.8. The standard InChI is InChI=1S/C42H61N5O8/c1-29(2)24-34(38(49)42(5)28-55-42)44-41(52)36(26-32-14-10-7-11-15-32)46-40(51)35(25-30(3)4)45-39(50)33(17-16-31-12-8-6-9-13-31)43-37(48)27-54-23-20-47-18-21-53-22-19-47/h6-15,29-30,33-36H,16-28H2,1-5H3,(H,43,48)(H,44,52)(H,45,50)(H,46,51)/t33-,34?,35?,36-,42+/m0/s1. The molecule has 2 aliphatic rings. The van der Waals surface area contributed by atoms with Crippen molar-refractivity contribution in [2.24, 2.45) is 11.8 Å². The fraction of sp³-hybridized carbons (Fsp3) is 0.595. The van der Waals surface area contributed by atoms with Gasteiger partial charge in [0.1, 0.15) is 30.3 Å². The van der Waals surface area contributed by atoms with Crippen LogP contribution in [-0.4, -0.2) is 117 Å². The Kier molecular flexibility index (Phi) is 17.3. The van der Waals surface area contributed by atoms with Crippen molar-refractivity contribution in [3.8, 4) is 0 Å². The highest BCUT2D eigenvalue weighted by molar-refractivity contribution is 5.98. The van der Waals surface area contributed by atoms with Gasteiger partial charge < -0.3 is 35.5 Å². The third kappa shape index (κ3) is 15.1. The fourth-order valence-electron chi connectivity index (χ4n) is 6.54. The van der Waals surface area contributed by atoms with Gasteiger partial charge in [-0.1, -0.05) is 88.4 Å². The molecule has 0 spiro atoms. The number of epoxide rings is 1. The summed E-state index contributed by atoms with van der Waals surface area (Å²) < 4.78 is 16.5. The number of aryl methyl sites for hydroxylation is 1.